The van der Waals surface area contributed by atoms with E-state index < -0.39 is 0 Å². The highest BCUT2D eigenvalue weighted by atomic mass is 35.5. The predicted octanol–water partition coefficient (Wildman–Crippen LogP) is 2.63. The maximum atomic E-state index is 6.16. The molecule has 0 atom stereocenters. The normalized spacial score (nSPS) is 16.2. The van der Waals surface area contributed by atoms with Crippen molar-refractivity contribution in [1.29, 1.82) is 0 Å². The molecule has 1 saturated heterocycles. The molecule has 1 heterocycles. The van der Waals surface area contributed by atoms with Crippen LogP contribution in [0.3, 0.4) is 0 Å². The van der Waals surface area contributed by atoms with Crippen molar-refractivity contribution >= 4 is 17.6 Å². The second-order valence-corrected chi connectivity index (χ2v) is 6.21. The number of nitrogens with one attached hydrogen (secondary N) is 2. The van der Waals surface area contributed by atoms with Crippen LogP contribution in [0.4, 0.5) is 0 Å². The minimum absolute atomic E-state index is 0.367. The zero-order chi connectivity index (χ0) is 17.0. The van der Waals surface area contributed by atoms with Crippen molar-refractivity contribution in [1.82, 2.24) is 10.6 Å². The predicted molar refractivity (Wildman–Crippen MR) is 98.9 cm³/mol. The van der Waals surface area contributed by atoms with Crippen LogP contribution in [0.5, 0.6) is 0 Å². The monoisotopic (exact) mass is 353 g/mol. The number of halogens is 1. The Morgan fingerprint density at radius 2 is 2.00 bits per heavy atom. The zero-order valence-corrected chi connectivity index (χ0v) is 15.1. The van der Waals surface area contributed by atoms with Gasteiger partial charge < -0.3 is 20.1 Å². The molecule has 6 heteroatoms. The van der Waals surface area contributed by atoms with Gasteiger partial charge in [0.2, 0.25) is 0 Å². The van der Waals surface area contributed by atoms with Crippen LogP contribution in [0, 0.1) is 0 Å². The molecule has 0 bridgehead atoms. The van der Waals surface area contributed by atoms with Crippen LogP contribution in [-0.2, 0) is 15.9 Å². The molecule has 134 valence electrons. The first-order valence-corrected chi connectivity index (χ1v) is 9.04. The average Bonchev–Trinajstić information content (AvgIpc) is 2.62. The van der Waals surface area contributed by atoms with Crippen molar-refractivity contribution in [3.63, 3.8) is 0 Å². The third-order valence-electron chi connectivity index (χ3n) is 4.00. The SMILES string of the molecule is CN=C(NCCCOC1CCOCC1)NCCc1ccccc1Cl. The summed E-state index contributed by atoms with van der Waals surface area (Å²) in [6.07, 6.45) is 4.22. The molecule has 2 N–H and O–H groups in total. The van der Waals surface area contributed by atoms with Crippen molar-refractivity contribution in [3.05, 3.63) is 34.9 Å². The summed E-state index contributed by atoms with van der Waals surface area (Å²) >= 11 is 6.16. The molecule has 1 aliphatic heterocycles. The molecule has 0 spiro atoms. The van der Waals surface area contributed by atoms with E-state index >= 15 is 0 Å². The molecule has 1 aromatic carbocycles. The molecule has 0 aromatic heterocycles. The maximum Gasteiger partial charge on any atom is 0.190 e. The minimum atomic E-state index is 0.367. The molecule has 0 saturated carbocycles. The van der Waals surface area contributed by atoms with Crippen LogP contribution in [-0.4, -0.2) is 52.0 Å². The number of rotatable bonds is 8. The van der Waals surface area contributed by atoms with Crippen molar-refractivity contribution in [2.45, 2.75) is 31.8 Å². The van der Waals surface area contributed by atoms with E-state index in [2.05, 4.69) is 15.6 Å². The zero-order valence-electron chi connectivity index (χ0n) is 14.4. The Morgan fingerprint density at radius 3 is 2.75 bits per heavy atom. The summed E-state index contributed by atoms with van der Waals surface area (Å²) in [4.78, 5) is 4.23. The summed E-state index contributed by atoms with van der Waals surface area (Å²) in [6.45, 7) is 4.06. The first-order chi connectivity index (χ1) is 11.8. The van der Waals surface area contributed by atoms with Gasteiger partial charge in [-0.05, 0) is 37.3 Å². The van der Waals surface area contributed by atoms with Crippen molar-refractivity contribution in [2.75, 3.05) is 40.0 Å². The topological polar surface area (TPSA) is 54.9 Å². The fourth-order valence-electron chi connectivity index (χ4n) is 2.61. The number of hydrogen-bond acceptors (Lipinski definition) is 3. The molecule has 5 nitrogen and oxygen atoms in total. The fourth-order valence-corrected chi connectivity index (χ4v) is 2.84. The third-order valence-corrected chi connectivity index (χ3v) is 4.37. The number of guanidine groups is 1. The van der Waals surface area contributed by atoms with E-state index in [4.69, 9.17) is 21.1 Å². The van der Waals surface area contributed by atoms with Gasteiger partial charge >= 0.3 is 0 Å². The molecule has 0 aliphatic carbocycles. The van der Waals surface area contributed by atoms with Gasteiger partial charge in [-0.3, -0.25) is 4.99 Å². The molecule has 2 rings (SSSR count). The maximum absolute atomic E-state index is 6.16. The van der Waals surface area contributed by atoms with Crippen LogP contribution in [0.25, 0.3) is 0 Å². The molecule has 24 heavy (non-hydrogen) atoms. The summed E-state index contributed by atoms with van der Waals surface area (Å²) < 4.78 is 11.2. The van der Waals surface area contributed by atoms with Gasteiger partial charge in [-0.2, -0.15) is 0 Å². The van der Waals surface area contributed by atoms with E-state index in [0.29, 0.717) is 6.10 Å². The molecule has 0 amide bonds. The average molecular weight is 354 g/mol. The van der Waals surface area contributed by atoms with Gasteiger partial charge in [0.05, 0.1) is 6.10 Å². The smallest absolute Gasteiger partial charge is 0.190 e. The van der Waals surface area contributed by atoms with Crippen LogP contribution < -0.4 is 10.6 Å². The van der Waals surface area contributed by atoms with Gasteiger partial charge in [0.1, 0.15) is 0 Å². The van der Waals surface area contributed by atoms with E-state index in [1.807, 2.05) is 24.3 Å². The van der Waals surface area contributed by atoms with Gasteiger partial charge in [-0.1, -0.05) is 29.8 Å². The lowest BCUT2D eigenvalue weighted by atomic mass is 10.1. The Labute approximate surface area is 149 Å². The van der Waals surface area contributed by atoms with E-state index in [9.17, 15) is 0 Å². The highest BCUT2D eigenvalue weighted by molar-refractivity contribution is 6.31. The fraction of sp³-hybridized carbons (Fsp3) is 0.611. The Kier molecular flexibility index (Phi) is 8.95. The summed E-state index contributed by atoms with van der Waals surface area (Å²) in [6, 6.07) is 7.92. The Morgan fingerprint density at radius 1 is 1.25 bits per heavy atom. The number of ether oxygens (including phenoxy) is 2. The van der Waals surface area contributed by atoms with Crippen LogP contribution in [0.15, 0.2) is 29.3 Å². The van der Waals surface area contributed by atoms with Crippen molar-refractivity contribution in [2.24, 2.45) is 4.99 Å². The van der Waals surface area contributed by atoms with E-state index in [0.717, 1.165) is 75.1 Å². The Hall–Kier alpha value is -1.30. The molecule has 1 fully saturated rings. The second kappa shape index (κ2) is 11.3. The van der Waals surface area contributed by atoms with Gasteiger partial charge in [0, 0.05) is 45.0 Å². The first kappa shape index (κ1) is 19.0. The lowest BCUT2D eigenvalue weighted by Gasteiger charge is -2.22. The lowest BCUT2D eigenvalue weighted by Crippen LogP contribution is -2.39. The number of nitrogens with zero attached hydrogens (tertiary/aromatic N) is 1. The van der Waals surface area contributed by atoms with E-state index in [-0.39, 0.29) is 0 Å². The van der Waals surface area contributed by atoms with E-state index in [1.54, 1.807) is 7.05 Å². The van der Waals surface area contributed by atoms with Gasteiger partial charge in [0.25, 0.3) is 0 Å². The molecule has 1 aliphatic rings. The highest BCUT2D eigenvalue weighted by Gasteiger charge is 2.13. The summed E-state index contributed by atoms with van der Waals surface area (Å²) in [5, 5.41) is 7.43. The van der Waals surface area contributed by atoms with Crippen molar-refractivity contribution < 1.29 is 9.47 Å². The lowest BCUT2D eigenvalue weighted by molar-refractivity contribution is -0.0320. The first-order valence-electron chi connectivity index (χ1n) is 8.67. The van der Waals surface area contributed by atoms with Gasteiger partial charge in [0.15, 0.2) is 5.96 Å². The standard InChI is InChI=1S/C18H28ClN3O2/c1-20-18(22-11-7-15-5-2-3-6-17(15)19)21-10-4-12-24-16-8-13-23-14-9-16/h2-3,5-6,16H,4,7-14H2,1H3,(H2,20,21,22). The molecular weight excluding hydrogens is 326 g/mol. The number of hydrogen-bond donors (Lipinski definition) is 2. The number of aliphatic imine (C=N–C) groups is 1. The molecule has 1 aromatic rings. The minimum Gasteiger partial charge on any atom is -0.381 e. The van der Waals surface area contributed by atoms with Crippen LogP contribution >= 0.6 is 11.6 Å². The van der Waals surface area contributed by atoms with E-state index in [1.165, 1.54) is 0 Å². The summed E-state index contributed by atoms with van der Waals surface area (Å²) in [5.41, 5.74) is 1.15. The second-order valence-electron chi connectivity index (χ2n) is 5.80. The highest BCUT2D eigenvalue weighted by Crippen LogP contribution is 2.14. The Balaban J connectivity index is 1.54. The quantitative estimate of drug-likeness (QED) is 0.428. The van der Waals surface area contributed by atoms with Crippen molar-refractivity contribution in [3.8, 4) is 0 Å². The molecule has 0 unspecified atom stereocenters. The van der Waals surface area contributed by atoms with Crippen LogP contribution in [0.2, 0.25) is 5.02 Å². The van der Waals surface area contributed by atoms with Gasteiger partial charge in [-0.15, -0.1) is 0 Å². The van der Waals surface area contributed by atoms with Crippen LogP contribution in [0.1, 0.15) is 24.8 Å². The third kappa shape index (κ3) is 7.07. The largest absolute Gasteiger partial charge is 0.381 e. The Bertz CT molecular complexity index is 505. The molecular formula is C18H28ClN3O2. The molecule has 0 radical (unpaired) electrons. The summed E-state index contributed by atoms with van der Waals surface area (Å²) in [5.74, 6) is 0.813. The van der Waals surface area contributed by atoms with Gasteiger partial charge in [-0.25, -0.2) is 0 Å². The number of benzene rings is 1. The summed E-state index contributed by atoms with van der Waals surface area (Å²) in [7, 11) is 1.78.